The van der Waals surface area contributed by atoms with Gasteiger partial charge in [-0.25, -0.2) is 4.39 Å². The third-order valence-electron chi connectivity index (χ3n) is 3.81. The number of amides is 1. The maximum atomic E-state index is 13.5. The third kappa shape index (κ3) is 2.87. The lowest BCUT2D eigenvalue weighted by Crippen LogP contribution is -2.16. The number of carbonyl (C=O) groups excluding carboxylic acids is 1. The molecule has 7 heteroatoms. The van der Waals surface area contributed by atoms with Crippen molar-refractivity contribution < 1.29 is 9.18 Å². The molecule has 2 heterocycles. The van der Waals surface area contributed by atoms with Gasteiger partial charge < -0.3 is 4.57 Å². The van der Waals surface area contributed by atoms with E-state index in [-0.39, 0.29) is 12.4 Å². The third-order valence-corrected chi connectivity index (χ3v) is 4.85. The standard InChI is InChI=1S/C19H11FN4OS/c1-2-9-24-16-6-4-13(20)11-17(16)26-19(24)23-18(25)12-3-5-14-15(10-12)22-8-7-21-14/h1,3-8,10-11H,9H2. The predicted octanol–water partition coefficient (Wildman–Crippen LogP) is 3.16. The predicted molar refractivity (Wildman–Crippen MR) is 98.0 cm³/mol. The van der Waals surface area contributed by atoms with Gasteiger partial charge in [-0.1, -0.05) is 17.3 Å². The first-order chi connectivity index (χ1) is 12.7. The number of nitrogens with zero attached hydrogens (tertiary/aromatic N) is 4. The summed E-state index contributed by atoms with van der Waals surface area (Å²) in [6.07, 6.45) is 8.59. The summed E-state index contributed by atoms with van der Waals surface area (Å²) in [6, 6.07) is 9.42. The van der Waals surface area contributed by atoms with Crippen LogP contribution in [0.25, 0.3) is 21.3 Å². The topological polar surface area (TPSA) is 60.1 Å². The monoisotopic (exact) mass is 362 g/mol. The van der Waals surface area contributed by atoms with Gasteiger partial charge in [0, 0.05) is 18.0 Å². The van der Waals surface area contributed by atoms with Crippen LogP contribution in [0.5, 0.6) is 0 Å². The highest BCUT2D eigenvalue weighted by atomic mass is 32.1. The number of carbonyl (C=O) groups is 1. The Balaban J connectivity index is 1.84. The fourth-order valence-corrected chi connectivity index (χ4v) is 3.68. The van der Waals surface area contributed by atoms with Crippen LogP contribution in [0, 0.1) is 18.2 Å². The minimum Gasteiger partial charge on any atom is -0.305 e. The second kappa shape index (κ2) is 6.50. The van der Waals surface area contributed by atoms with Crippen LogP contribution in [0.2, 0.25) is 0 Å². The average molecular weight is 362 g/mol. The molecule has 0 atom stereocenters. The lowest BCUT2D eigenvalue weighted by Gasteiger charge is -2.00. The molecule has 2 aromatic carbocycles. The molecule has 5 nitrogen and oxygen atoms in total. The Morgan fingerprint density at radius 1 is 1.19 bits per heavy atom. The van der Waals surface area contributed by atoms with Crippen molar-refractivity contribution in [2.75, 3.05) is 0 Å². The SMILES string of the molecule is C#CCn1c(=NC(=O)c2ccc3nccnc3c2)sc2cc(F)ccc21. The Kier molecular flexibility index (Phi) is 4.03. The summed E-state index contributed by atoms with van der Waals surface area (Å²) in [5, 5.41) is 0. The minimum absolute atomic E-state index is 0.237. The van der Waals surface area contributed by atoms with Crippen LogP contribution in [0.4, 0.5) is 4.39 Å². The van der Waals surface area contributed by atoms with Gasteiger partial charge in [-0.3, -0.25) is 14.8 Å². The zero-order valence-corrected chi connectivity index (χ0v) is 14.2. The number of fused-ring (bicyclic) bond motifs is 2. The van der Waals surface area contributed by atoms with Crippen LogP contribution in [-0.2, 0) is 6.54 Å². The largest absolute Gasteiger partial charge is 0.305 e. The molecule has 0 aliphatic rings. The highest BCUT2D eigenvalue weighted by Gasteiger charge is 2.10. The van der Waals surface area contributed by atoms with Crippen molar-refractivity contribution in [2.45, 2.75) is 6.54 Å². The summed E-state index contributed by atoms with van der Waals surface area (Å²) >= 11 is 1.22. The Morgan fingerprint density at radius 3 is 2.81 bits per heavy atom. The molecule has 0 N–H and O–H groups in total. The van der Waals surface area contributed by atoms with Crippen LogP contribution < -0.4 is 4.80 Å². The number of halogens is 1. The number of benzene rings is 2. The number of hydrogen-bond acceptors (Lipinski definition) is 4. The van der Waals surface area contributed by atoms with Gasteiger partial charge in [0.25, 0.3) is 5.91 Å². The maximum Gasteiger partial charge on any atom is 0.279 e. The molecule has 0 saturated carbocycles. The molecule has 0 fully saturated rings. The van der Waals surface area contributed by atoms with Crippen molar-refractivity contribution in [2.24, 2.45) is 4.99 Å². The summed E-state index contributed by atoms with van der Waals surface area (Å²) in [5.74, 6) is 1.77. The van der Waals surface area contributed by atoms with Crippen molar-refractivity contribution in [1.82, 2.24) is 14.5 Å². The van der Waals surface area contributed by atoms with Gasteiger partial charge in [-0.05, 0) is 36.4 Å². The zero-order valence-electron chi connectivity index (χ0n) is 13.4. The molecule has 26 heavy (non-hydrogen) atoms. The molecule has 2 aromatic heterocycles. The molecule has 0 unspecified atom stereocenters. The molecular weight excluding hydrogens is 351 g/mol. The van der Waals surface area contributed by atoms with E-state index < -0.39 is 5.91 Å². The normalized spacial score (nSPS) is 11.8. The number of rotatable bonds is 2. The van der Waals surface area contributed by atoms with Crippen molar-refractivity contribution in [3.8, 4) is 12.3 Å². The van der Waals surface area contributed by atoms with Gasteiger partial charge in [0.15, 0.2) is 4.80 Å². The molecule has 126 valence electrons. The van der Waals surface area contributed by atoms with Gasteiger partial charge >= 0.3 is 0 Å². The number of aromatic nitrogens is 3. The van der Waals surface area contributed by atoms with Gasteiger partial charge in [-0.15, -0.1) is 6.42 Å². The lowest BCUT2D eigenvalue weighted by atomic mass is 10.2. The van der Waals surface area contributed by atoms with Gasteiger partial charge in [-0.2, -0.15) is 4.99 Å². The van der Waals surface area contributed by atoms with E-state index >= 15 is 0 Å². The van der Waals surface area contributed by atoms with E-state index in [1.54, 1.807) is 41.2 Å². The Labute approximate surface area is 151 Å². The minimum atomic E-state index is -0.421. The first kappa shape index (κ1) is 16.1. The summed E-state index contributed by atoms with van der Waals surface area (Å²) in [7, 11) is 0. The van der Waals surface area contributed by atoms with Crippen molar-refractivity contribution in [1.29, 1.82) is 0 Å². The molecule has 4 aromatic rings. The molecule has 4 rings (SSSR count). The first-order valence-electron chi connectivity index (χ1n) is 7.68. The highest BCUT2D eigenvalue weighted by Crippen LogP contribution is 2.19. The van der Waals surface area contributed by atoms with E-state index in [9.17, 15) is 9.18 Å². The second-order valence-corrected chi connectivity index (χ2v) is 6.47. The summed E-state index contributed by atoms with van der Waals surface area (Å²) < 4.78 is 15.9. The summed E-state index contributed by atoms with van der Waals surface area (Å²) in [4.78, 5) is 25.6. The average Bonchev–Trinajstić information content (AvgIpc) is 2.98. The van der Waals surface area contributed by atoms with Gasteiger partial charge in [0.05, 0.1) is 27.8 Å². The summed E-state index contributed by atoms with van der Waals surface area (Å²) in [5.41, 5.74) is 2.45. The Morgan fingerprint density at radius 2 is 2.00 bits per heavy atom. The molecular formula is C19H11FN4OS. The molecule has 0 bridgehead atoms. The Bertz CT molecular complexity index is 1270. The zero-order chi connectivity index (χ0) is 18.1. The Hall–Kier alpha value is -3.37. The van der Waals surface area contributed by atoms with Crippen LogP contribution in [-0.4, -0.2) is 20.4 Å². The lowest BCUT2D eigenvalue weighted by molar-refractivity contribution is 0.0998. The van der Waals surface area contributed by atoms with E-state index in [4.69, 9.17) is 6.42 Å². The van der Waals surface area contributed by atoms with E-state index in [1.165, 1.54) is 23.5 Å². The van der Waals surface area contributed by atoms with Crippen LogP contribution in [0.15, 0.2) is 53.8 Å². The van der Waals surface area contributed by atoms with Crippen LogP contribution >= 0.6 is 11.3 Å². The van der Waals surface area contributed by atoms with E-state index in [0.29, 0.717) is 26.1 Å². The maximum absolute atomic E-state index is 13.5. The van der Waals surface area contributed by atoms with Gasteiger partial charge in [0.1, 0.15) is 5.82 Å². The second-order valence-electron chi connectivity index (χ2n) is 5.46. The van der Waals surface area contributed by atoms with Crippen molar-refractivity contribution in [3.63, 3.8) is 0 Å². The number of hydrogen-bond donors (Lipinski definition) is 0. The fourth-order valence-electron chi connectivity index (χ4n) is 2.62. The van der Waals surface area contributed by atoms with E-state index in [1.807, 2.05) is 0 Å². The highest BCUT2D eigenvalue weighted by molar-refractivity contribution is 7.16. The van der Waals surface area contributed by atoms with Crippen molar-refractivity contribution in [3.05, 3.63) is 65.0 Å². The van der Waals surface area contributed by atoms with E-state index in [0.717, 1.165) is 5.52 Å². The van der Waals surface area contributed by atoms with Crippen molar-refractivity contribution >= 4 is 38.5 Å². The first-order valence-corrected chi connectivity index (χ1v) is 8.49. The molecule has 0 radical (unpaired) electrons. The van der Waals surface area contributed by atoms with Crippen LogP contribution in [0.1, 0.15) is 10.4 Å². The quantitative estimate of drug-likeness (QED) is 0.515. The smallest absolute Gasteiger partial charge is 0.279 e. The molecule has 0 aliphatic heterocycles. The van der Waals surface area contributed by atoms with E-state index in [2.05, 4.69) is 20.9 Å². The van der Waals surface area contributed by atoms with Crippen LogP contribution in [0.3, 0.4) is 0 Å². The molecule has 0 aliphatic carbocycles. The molecule has 1 amide bonds. The summed E-state index contributed by atoms with van der Waals surface area (Å²) in [6.45, 7) is 0.237. The number of thiazole rings is 1. The number of terminal acetylenes is 1. The molecule has 0 saturated heterocycles. The fraction of sp³-hybridized carbons (Fsp3) is 0.0526. The van der Waals surface area contributed by atoms with Gasteiger partial charge in [0.2, 0.25) is 0 Å². The molecule has 0 spiro atoms.